The molecule has 1 saturated heterocycles. The van der Waals surface area contributed by atoms with Crippen LogP contribution in [0.1, 0.15) is 12.8 Å². The van der Waals surface area contributed by atoms with Gasteiger partial charge >= 0.3 is 0 Å². The maximum Gasteiger partial charge on any atom is 0.252 e. The van der Waals surface area contributed by atoms with Crippen LogP contribution in [-0.4, -0.2) is 47.4 Å². The lowest BCUT2D eigenvalue weighted by molar-refractivity contribution is 0.362. The number of hydrogen-bond acceptors (Lipinski definition) is 5. The highest BCUT2D eigenvalue weighted by molar-refractivity contribution is 7.99. The van der Waals surface area contributed by atoms with E-state index in [-0.39, 0.29) is 5.56 Å². The Hall–Kier alpha value is -1.79. The number of rotatable bonds is 6. The molecule has 2 aromatic rings. The van der Waals surface area contributed by atoms with Crippen molar-refractivity contribution >= 4 is 11.8 Å². The van der Waals surface area contributed by atoms with Gasteiger partial charge in [-0.3, -0.25) is 4.79 Å². The highest BCUT2D eigenvalue weighted by atomic mass is 32.2. The Labute approximate surface area is 140 Å². The second-order valence-corrected chi connectivity index (χ2v) is 6.65. The van der Waals surface area contributed by atoms with Crippen LogP contribution in [0.5, 0.6) is 5.75 Å². The van der Waals surface area contributed by atoms with Crippen LogP contribution in [0.2, 0.25) is 0 Å². The van der Waals surface area contributed by atoms with E-state index in [1.54, 1.807) is 18.9 Å². The standard InChI is InChI=1S/C17H21N3O2S/c1-22-14-6-4-13(5-7-14)15-12-16(21)19-17(18-15)23-11-10-20-8-2-3-9-20/h4-7,12H,2-3,8-11H2,1H3,(H,18,19,21). The summed E-state index contributed by atoms with van der Waals surface area (Å²) < 4.78 is 5.16. The third kappa shape index (κ3) is 4.36. The molecule has 2 heterocycles. The average Bonchev–Trinajstić information content (AvgIpc) is 3.08. The number of benzene rings is 1. The molecule has 0 aliphatic carbocycles. The summed E-state index contributed by atoms with van der Waals surface area (Å²) in [7, 11) is 1.63. The van der Waals surface area contributed by atoms with Crippen molar-refractivity contribution in [3.05, 3.63) is 40.7 Å². The molecule has 5 nitrogen and oxygen atoms in total. The van der Waals surface area contributed by atoms with Gasteiger partial charge in [0.15, 0.2) is 5.16 Å². The molecule has 0 bridgehead atoms. The van der Waals surface area contributed by atoms with Crippen LogP contribution in [0, 0.1) is 0 Å². The van der Waals surface area contributed by atoms with Crippen LogP contribution in [0.15, 0.2) is 40.3 Å². The van der Waals surface area contributed by atoms with Gasteiger partial charge in [-0.15, -0.1) is 0 Å². The van der Waals surface area contributed by atoms with Crippen LogP contribution in [0.3, 0.4) is 0 Å². The van der Waals surface area contributed by atoms with Crippen molar-refractivity contribution in [3.63, 3.8) is 0 Å². The summed E-state index contributed by atoms with van der Waals surface area (Å²) in [4.78, 5) is 21.7. The van der Waals surface area contributed by atoms with Gasteiger partial charge < -0.3 is 14.6 Å². The van der Waals surface area contributed by atoms with Crippen molar-refractivity contribution in [2.45, 2.75) is 18.0 Å². The van der Waals surface area contributed by atoms with E-state index in [2.05, 4.69) is 14.9 Å². The predicted molar refractivity (Wildman–Crippen MR) is 93.2 cm³/mol. The fraction of sp³-hybridized carbons (Fsp3) is 0.412. The van der Waals surface area contributed by atoms with E-state index in [9.17, 15) is 4.79 Å². The fourth-order valence-electron chi connectivity index (χ4n) is 2.69. The number of H-pyrrole nitrogens is 1. The molecule has 0 spiro atoms. The smallest absolute Gasteiger partial charge is 0.252 e. The molecule has 0 atom stereocenters. The largest absolute Gasteiger partial charge is 0.497 e. The Morgan fingerprint density at radius 2 is 2.00 bits per heavy atom. The molecule has 1 aliphatic rings. The third-order valence-electron chi connectivity index (χ3n) is 3.95. The molecule has 1 N–H and O–H groups in total. The number of likely N-dealkylation sites (tertiary alicyclic amines) is 1. The summed E-state index contributed by atoms with van der Waals surface area (Å²) in [5, 5.41) is 0.683. The lowest BCUT2D eigenvalue weighted by atomic mass is 10.1. The lowest BCUT2D eigenvalue weighted by Gasteiger charge is -2.13. The molecular weight excluding hydrogens is 310 g/mol. The lowest BCUT2D eigenvalue weighted by Crippen LogP contribution is -2.22. The zero-order chi connectivity index (χ0) is 16.1. The van der Waals surface area contributed by atoms with Gasteiger partial charge in [-0.05, 0) is 50.2 Å². The van der Waals surface area contributed by atoms with E-state index in [1.807, 2.05) is 24.3 Å². The van der Waals surface area contributed by atoms with Gasteiger partial charge in [0.1, 0.15) is 5.75 Å². The van der Waals surface area contributed by atoms with E-state index in [1.165, 1.54) is 32.0 Å². The zero-order valence-electron chi connectivity index (χ0n) is 13.2. The van der Waals surface area contributed by atoms with Gasteiger partial charge in [-0.25, -0.2) is 4.98 Å². The van der Waals surface area contributed by atoms with E-state index in [0.717, 1.165) is 23.6 Å². The highest BCUT2D eigenvalue weighted by Crippen LogP contribution is 2.21. The van der Waals surface area contributed by atoms with E-state index >= 15 is 0 Å². The van der Waals surface area contributed by atoms with Gasteiger partial charge in [0, 0.05) is 23.9 Å². The quantitative estimate of drug-likeness (QED) is 0.651. The zero-order valence-corrected chi connectivity index (χ0v) is 14.1. The number of nitrogens with zero attached hydrogens (tertiary/aromatic N) is 2. The first kappa shape index (κ1) is 16.1. The van der Waals surface area contributed by atoms with Crippen molar-refractivity contribution in [1.29, 1.82) is 0 Å². The van der Waals surface area contributed by atoms with Crippen LogP contribution in [0.25, 0.3) is 11.3 Å². The van der Waals surface area contributed by atoms with Gasteiger partial charge in [0.2, 0.25) is 0 Å². The molecule has 23 heavy (non-hydrogen) atoms. The van der Waals surface area contributed by atoms with E-state index < -0.39 is 0 Å². The molecule has 1 aliphatic heterocycles. The van der Waals surface area contributed by atoms with Gasteiger partial charge in [-0.2, -0.15) is 0 Å². The molecular formula is C17H21N3O2S. The minimum Gasteiger partial charge on any atom is -0.497 e. The fourth-order valence-corrected chi connectivity index (χ4v) is 3.57. The Morgan fingerprint density at radius 1 is 1.26 bits per heavy atom. The van der Waals surface area contributed by atoms with Crippen molar-refractivity contribution in [1.82, 2.24) is 14.9 Å². The maximum absolute atomic E-state index is 11.9. The molecule has 3 rings (SSSR count). The second kappa shape index (κ2) is 7.66. The first-order valence-corrected chi connectivity index (χ1v) is 8.84. The summed E-state index contributed by atoms with van der Waals surface area (Å²) in [5.74, 6) is 1.73. The topological polar surface area (TPSA) is 58.2 Å². The molecule has 0 saturated carbocycles. The SMILES string of the molecule is COc1ccc(-c2cc(=O)[nH]c(SCCN3CCCC3)n2)cc1. The first-order valence-electron chi connectivity index (χ1n) is 7.85. The number of nitrogens with one attached hydrogen (secondary N) is 1. The van der Waals surface area contributed by atoms with E-state index in [0.29, 0.717) is 10.9 Å². The number of hydrogen-bond donors (Lipinski definition) is 1. The average molecular weight is 331 g/mol. The number of aromatic amines is 1. The summed E-state index contributed by atoms with van der Waals surface area (Å²) in [6.45, 7) is 3.42. The van der Waals surface area contributed by atoms with Crippen LogP contribution < -0.4 is 10.3 Å². The monoisotopic (exact) mass is 331 g/mol. The number of methoxy groups -OCH3 is 1. The van der Waals surface area contributed by atoms with Crippen molar-refractivity contribution in [2.24, 2.45) is 0 Å². The first-order chi connectivity index (χ1) is 11.2. The van der Waals surface area contributed by atoms with E-state index in [4.69, 9.17) is 4.74 Å². The number of aromatic nitrogens is 2. The van der Waals surface area contributed by atoms with Gasteiger partial charge in [0.25, 0.3) is 5.56 Å². The summed E-state index contributed by atoms with van der Waals surface area (Å²) in [6, 6.07) is 9.11. The summed E-state index contributed by atoms with van der Waals surface area (Å²) >= 11 is 1.60. The van der Waals surface area contributed by atoms with Crippen LogP contribution >= 0.6 is 11.8 Å². The Bertz CT molecular complexity index is 694. The highest BCUT2D eigenvalue weighted by Gasteiger charge is 2.11. The molecule has 0 unspecified atom stereocenters. The maximum atomic E-state index is 11.9. The summed E-state index contributed by atoms with van der Waals surface area (Å²) in [5.41, 5.74) is 1.49. The van der Waals surface area contributed by atoms with Crippen LogP contribution in [-0.2, 0) is 0 Å². The minimum atomic E-state index is -0.116. The summed E-state index contributed by atoms with van der Waals surface area (Å²) in [6.07, 6.45) is 2.60. The van der Waals surface area contributed by atoms with Crippen molar-refractivity contribution in [2.75, 3.05) is 32.5 Å². The number of thioether (sulfide) groups is 1. The molecule has 1 fully saturated rings. The Balaban J connectivity index is 1.69. The van der Waals surface area contributed by atoms with Crippen LogP contribution in [0.4, 0.5) is 0 Å². The molecule has 0 amide bonds. The Morgan fingerprint density at radius 3 is 2.70 bits per heavy atom. The third-order valence-corrected chi connectivity index (χ3v) is 4.80. The predicted octanol–water partition coefficient (Wildman–Crippen LogP) is 2.63. The van der Waals surface area contributed by atoms with Gasteiger partial charge in [-0.1, -0.05) is 11.8 Å². The molecule has 6 heteroatoms. The molecule has 0 radical (unpaired) electrons. The molecule has 1 aromatic heterocycles. The molecule has 1 aromatic carbocycles. The van der Waals surface area contributed by atoms with Crippen molar-refractivity contribution < 1.29 is 4.74 Å². The Kier molecular flexibility index (Phi) is 5.35. The minimum absolute atomic E-state index is 0.116. The molecule has 122 valence electrons. The number of ether oxygens (including phenoxy) is 1. The van der Waals surface area contributed by atoms with Crippen molar-refractivity contribution in [3.8, 4) is 17.0 Å². The second-order valence-electron chi connectivity index (χ2n) is 5.56. The normalized spacial score (nSPS) is 15.0. The van der Waals surface area contributed by atoms with Gasteiger partial charge in [0.05, 0.1) is 12.8 Å².